The largest absolute Gasteiger partial charge is 0.491 e. The fraction of sp³-hybridized carbons (Fsp3) is 0.385. The number of carbonyl (C=O) groups excluding carboxylic acids is 4. The number of amides is 3. The van der Waals surface area contributed by atoms with Crippen LogP contribution < -0.4 is 15.4 Å². The molecule has 1 saturated heterocycles. The molecule has 2 atom stereocenters. The third-order valence-corrected chi connectivity index (χ3v) is 6.95. The summed E-state index contributed by atoms with van der Waals surface area (Å²) in [6.45, 7) is 0.458. The van der Waals surface area contributed by atoms with E-state index in [0.717, 1.165) is 11.6 Å². The molecule has 0 radical (unpaired) electrons. The zero-order chi connectivity index (χ0) is 24.5. The molecule has 1 aliphatic carbocycles. The van der Waals surface area contributed by atoms with Gasteiger partial charge in [0.1, 0.15) is 18.2 Å². The predicted molar refractivity (Wildman–Crippen MR) is 124 cm³/mol. The second-order valence-corrected chi connectivity index (χ2v) is 9.11. The highest BCUT2D eigenvalue weighted by Crippen LogP contribution is 2.32. The SMILES string of the molecule is O=C1C[C@@H]2CC[C@H](CNC(=O)c3cc(F)ccc3OCCN1)N2C(=O)c1cccc2c1CCC2=O. The Hall–Kier alpha value is -3.75. The molecule has 0 unspecified atom stereocenters. The molecule has 5 rings (SSSR count). The van der Waals surface area contributed by atoms with E-state index < -0.39 is 11.7 Å². The van der Waals surface area contributed by atoms with Crippen molar-refractivity contribution in [3.8, 4) is 5.75 Å². The number of ketones is 1. The maximum Gasteiger partial charge on any atom is 0.255 e. The van der Waals surface area contributed by atoms with Gasteiger partial charge < -0.3 is 20.3 Å². The van der Waals surface area contributed by atoms with Crippen LogP contribution in [0.5, 0.6) is 5.75 Å². The van der Waals surface area contributed by atoms with Crippen LogP contribution in [0.15, 0.2) is 36.4 Å². The first kappa shape index (κ1) is 23.0. The van der Waals surface area contributed by atoms with E-state index in [2.05, 4.69) is 10.6 Å². The molecule has 2 heterocycles. The van der Waals surface area contributed by atoms with Crippen molar-refractivity contribution in [2.24, 2.45) is 0 Å². The molecule has 0 saturated carbocycles. The van der Waals surface area contributed by atoms with Gasteiger partial charge in [0, 0.05) is 42.6 Å². The Morgan fingerprint density at radius 3 is 2.69 bits per heavy atom. The van der Waals surface area contributed by atoms with Gasteiger partial charge in [0.05, 0.1) is 12.1 Å². The van der Waals surface area contributed by atoms with E-state index in [1.54, 1.807) is 23.1 Å². The van der Waals surface area contributed by atoms with Crippen molar-refractivity contribution in [2.75, 3.05) is 19.7 Å². The van der Waals surface area contributed by atoms with Gasteiger partial charge in [0.15, 0.2) is 5.78 Å². The minimum absolute atomic E-state index is 0.0263. The van der Waals surface area contributed by atoms with E-state index in [0.29, 0.717) is 36.8 Å². The van der Waals surface area contributed by atoms with Crippen molar-refractivity contribution in [1.29, 1.82) is 0 Å². The average Bonchev–Trinajstić information content (AvgIpc) is 3.43. The molecule has 0 spiro atoms. The first-order valence-corrected chi connectivity index (χ1v) is 11.9. The monoisotopic (exact) mass is 479 g/mol. The summed E-state index contributed by atoms with van der Waals surface area (Å²) in [6.07, 6.45) is 2.23. The molecular formula is C26H26FN3O5. The van der Waals surface area contributed by atoms with Gasteiger partial charge in [-0.25, -0.2) is 4.39 Å². The number of ether oxygens (including phenoxy) is 1. The molecule has 8 nitrogen and oxygen atoms in total. The van der Waals surface area contributed by atoms with Crippen LogP contribution in [0.3, 0.4) is 0 Å². The lowest BCUT2D eigenvalue weighted by molar-refractivity contribution is -0.122. The number of fused-ring (bicyclic) bond motifs is 4. The molecule has 2 aliphatic heterocycles. The zero-order valence-corrected chi connectivity index (χ0v) is 19.1. The van der Waals surface area contributed by atoms with Crippen molar-refractivity contribution in [1.82, 2.24) is 15.5 Å². The molecule has 1 fully saturated rings. The lowest BCUT2D eigenvalue weighted by Gasteiger charge is -2.31. The van der Waals surface area contributed by atoms with E-state index in [-0.39, 0.29) is 67.1 Å². The predicted octanol–water partition coefficient (Wildman–Crippen LogP) is 2.26. The minimum atomic E-state index is -0.567. The van der Waals surface area contributed by atoms with E-state index in [1.807, 2.05) is 0 Å². The fourth-order valence-electron chi connectivity index (χ4n) is 5.27. The molecule has 3 amide bonds. The second-order valence-electron chi connectivity index (χ2n) is 9.11. The summed E-state index contributed by atoms with van der Waals surface area (Å²) >= 11 is 0. The summed E-state index contributed by atoms with van der Waals surface area (Å²) in [4.78, 5) is 53.3. The number of halogens is 1. The Morgan fingerprint density at radius 1 is 1.00 bits per heavy atom. The molecular weight excluding hydrogens is 453 g/mol. The van der Waals surface area contributed by atoms with Gasteiger partial charge in [0.2, 0.25) is 5.91 Å². The van der Waals surface area contributed by atoms with Crippen molar-refractivity contribution in [3.63, 3.8) is 0 Å². The van der Waals surface area contributed by atoms with Crippen LogP contribution in [0.1, 0.15) is 62.3 Å². The highest BCUT2D eigenvalue weighted by Gasteiger charge is 2.40. The number of Topliss-reactive ketones (excluding diaryl/α,β-unsaturated/α-hetero) is 1. The molecule has 35 heavy (non-hydrogen) atoms. The van der Waals surface area contributed by atoms with E-state index in [9.17, 15) is 23.6 Å². The number of nitrogens with one attached hydrogen (secondary N) is 2. The maximum atomic E-state index is 13.9. The van der Waals surface area contributed by atoms with Crippen molar-refractivity contribution in [2.45, 2.75) is 44.2 Å². The highest BCUT2D eigenvalue weighted by molar-refractivity contribution is 6.06. The molecule has 2 aromatic rings. The van der Waals surface area contributed by atoms with Crippen LogP contribution in [0.25, 0.3) is 0 Å². The van der Waals surface area contributed by atoms with Crippen LogP contribution >= 0.6 is 0 Å². The number of carbonyl (C=O) groups is 4. The molecule has 182 valence electrons. The Bertz CT molecular complexity index is 1210. The van der Waals surface area contributed by atoms with Gasteiger partial charge in [-0.15, -0.1) is 0 Å². The molecule has 0 aromatic heterocycles. The van der Waals surface area contributed by atoms with Gasteiger partial charge in [-0.2, -0.15) is 0 Å². The number of hydrogen-bond donors (Lipinski definition) is 2. The fourth-order valence-corrected chi connectivity index (χ4v) is 5.27. The van der Waals surface area contributed by atoms with Crippen molar-refractivity contribution >= 4 is 23.5 Å². The lowest BCUT2D eigenvalue weighted by atomic mass is 10.0. The third-order valence-electron chi connectivity index (χ3n) is 6.95. The van der Waals surface area contributed by atoms with Gasteiger partial charge in [-0.05, 0) is 49.1 Å². The molecule has 3 aliphatic rings. The normalized spacial score (nSPS) is 22.4. The first-order chi connectivity index (χ1) is 16.9. The van der Waals surface area contributed by atoms with Crippen molar-refractivity contribution < 1.29 is 28.3 Å². The Morgan fingerprint density at radius 2 is 1.83 bits per heavy atom. The van der Waals surface area contributed by atoms with Gasteiger partial charge in [-0.1, -0.05) is 12.1 Å². The summed E-state index contributed by atoms with van der Waals surface area (Å²) in [6, 6.07) is 8.19. The van der Waals surface area contributed by atoms with Crippen LogP contribution in [-0.2, 0) is 11.2 Å². The number of hydrogen-bond acceptors (Lipinski definition) is 5. The van der Waals surface area contributed by atoms with Gasteiger partial charge in [0.25, 0.3) is 11.8 Å². The van der Waals surface area contributed by atoms with Crippen molar-refractivity contribution in [3.05, 3.63) is 64.5 Å². The molecule has 2 aromatic carbocycles. The van der Waals surface area contributed by atoms with E-state index in [4.69, 9.17) is 4.74 Å². The average molecular weight is 480 g/mol. The zero-order valence-electron chi connectivity index (χ0n) is 19.1. The van der Waals surface area contributed by atoms with Gasteiger partial charge >= 0.3 is 0 Å². The molecule has 9 heteroatoms. The Kier molecular flexibility index (Phi) is 6.23. The maximum absolute atomic E-state index is 13.9. The van der Waals surface area contributed by atoms with Crippen LogP contribution in [-0.4, -0.2) is 60.2 Å². The Labute approximate surface area is 201 Å². The quantitative estimate of drug-likeness (QED) is 0.653. The van der Waals surface area contributed by atoms with E-state index >= 15 is 0 Å². The smallest absolute Gasteiger partial charge is 0.255 e. The summed E-state index contributed by atoms with van der Waals surface area (Å²) in [7, 11) is 0. The molecule has 2 N–H and O–H groups in total. The standard InChI is InChI=1S/C26H26FN3O5/c27-15-4-9-23-21(12-15)25(33)29-14-17-6-5-16(13-24(32)28-10-11-35-23)30(17)26(34)20-3-1-2-19-18(20)7-8-22(19)31/h1-4,9,12,16-17H,5-8,10-11,13-14H2,(H,28,32)(H,29,33)/t16-,17+/m0/s1. The summed E-state index contributed by atoms with van der Waals surface area (Å²) in [5.41, 5.74) is 1.85. The second kappa shape index (κ2) is 9.48. The van der Waals surface area contributed by atoms with Crippen LogP contribution in [0.4, 0.5) is 4.39 Å². The number of nitrogens with zero attached hydrogens (tertiary/aromatic N) is 1. The number of benzene rings is 2. The summed E-state index contributed by atoms with van der Waals surface area (Å²) in [5.74, 6) is -1.26. The van der Waals surface area contributed by atoms with Crippen LogP contribution in [0.2, 0.25) is 0 Å². The summed E-state index contributed by atoms with van der Waals surface area (Å²) in [5, 5.41) is 5.62. The van der Waals surface area contributed by atoms with E-state index in [1.165, 1.54) is 12.1 Å². The minimum Gasteiger partial charge on any atom is -0.491 e. The highest BCUT2D eigenvalue weighted by atomic mass is 19.1. The van der Waals surface area contributed by atoms with Crippen LogP contribution in [0, 0.1) is 5.82 Å². The topological polar surface area (TPSA) is 105 Å². The third kappa shape index (κ3) is 4.50. The number of rotatable bonds is 1. The first-order valence-electron chi connectivity index (χ1n) is 11.9. The van der Waals surface area contributed by atoms with Gasteiger partial charge in [-0.3, -0.25) is 19.2 Å². The molecule has 2 bridgehead atoms. The Balaban J connectivity index is 1.46. The lowest BCUT2D eigenvalue weighted by Crippen LogP contribution is -2.48. The summed E-state index contributed by atoms with van der Waals surface area (Å²) < 4.78 is 19.5.